The van der Waals surface area contributed by atoms with Crippen LogP contribution in [0.1, 0.15) is 18.4 Å². The van der Waals surface area contributed by atoms with E-state index in [1.165, 1.54) is 0 Å². The van der Waals surface area contributed by atoms with E-state index in [2.05, 4.69) is 20.8 Å². The molecule has 1 aromatic carbocycles. The summed E-state index contributed by atoms with van der Waals surface area (Å²) in [5.41, 5.74) is -1.36. The van der Waals surface area contributed by atoms with Gasteiger partial charge in [-0.3, -0.25) is 0 Å². The van der Waals surface area contributed by atoms with Gasteiger partial charge in [-0.2, -0.15) is 13.2 Å². The summed E-state index contributed by atoms with van der Waals surface area (Å²) in [7, 11) is 0. The molecule has 0 spiro atoms. The van der Waals surface area contributed by atoms with Crippen LogP contribution < -0.4 is 10.6 Å². The van der Waals surface area contributed by atoms with E-state index in [0.29, 0.717) is 25.2 Å². The predicted molar refractivity (Wildman–Crippen MR) is 66.4 cm³/mol. The Bertz CT molecular complexity index is 612. The molecule has 0 aliphatic rings. The van der Waals surface area contributed by atoms with E-state index in [4.69, 9.17) is 4.42 Å². The van der Waals surface area contributed by atoms with Gasteiger partial charge in [-0.1, -0.05) is 12.0 Å². The van der Waals surface area contributed by atoms with Gasteiger partial charge in [-0.25, -0.2) is 4.39 Å². The standard InChI is InChI=1S/C12H12F4N4O/c1-2-17-6-10-19-20-11(21-10)18-9-5-7(12(14,15)16)3-4-8(9)13/h3-5,17H,2,6H2,1H3,(H,18,20). The third-order valence-corrected chi connectivity index (χ3v) is 2.53. The maximum atomic E-state index is 13.5. The molecular formula is C12H12F4N4O. The van der Waals surface area contributed by atoms with Crippen LogP contribution in [0.5, 0.6) is 0 Å². The molecule has 0 atom stereocenters. The van der Waals surface area contributed by atoms with Crippen molar-refractivity contribution >= 4 is 11.7 Å². The fourth-order valence-corrected chi connectivity index (χ4v) is 1.52. The van der Waals surface area contributed by atoms with Gasteiger partial charge in [0, 0.05) is 0 Å². The molecule has 21 heavy (non-hydrogen) atoms. The van der Waals surface area contributed by atoms with Gasteiger partial charge >= 0.3 is 12.2 Å². The lowest BCUT2D eigenvalue weighted by Crippen LogP contribution is -2.11. The zero-order valence-corrected chi connectivity index (χ0v) is 11.0. The minimum Gasteiger partial charge on any atom is -0.406 e. The Balaban J connectivity index is 2.17. The Morgan fingerprint density at radius 2 is 2.00 bits per heavy atom. The molecule has 0 aliphatic heterocycles. The number of alkyl halides is 3. The van der Waals surface area contributed by atoms with Gasteiger partial charge in [-0.05, 0) is 24.7 Å². The molecule has 0 fully saturated rings. The van der Waals surface area contributed by atoms with Gasteiger partial charge in [0.2, 0.25) is 5.89 Å². The third-order valence-electron chi connectivity index (χ3n) is 2.53. The van der Waals surface area contributed by atoms with Gasteiger partial charge < -0.3 is 15.1 Å². The second-order valence-electron chi connectivity index (χ2n) is 4.10. The molecule has 2 N–H and O–H groups in total. The second kappa shape index (κ2) is 6.08. The second-order valence-corrected chi connectivity index (χ2v) is 4.10. The largest absolute Gasteiger partial charge is 0.416 e. The first-order valence-corrected chi connectivity index (χ1v) is 6.07. The monoisotopic (exact) mass is 304 g/mol. The first-order chi connectivity index (χ1) is 9.90. The molecule has 0 amide bonds. The summed E-state index contributed by atoms with van der Waals surface area (Å²) in [5.74, 6) is -0.610. The molecule has 0 bridgehead atoms. The molecule has 9 heteroatoms. The average molecular weight is 304 g/mol. The van der Waals surface area contributed by atoms with E-state index in [1.54, 1.807) is 0 Å². The van der Waals surface area contributed by atoms with Crippen LogP contribution in [-0.2, 0) is 12.7 Å². The van der Waals surface area contributed by atoms with Crippen molar-refractivity contribution in [2.75, 3.05) is 11.9 Å². The lowest BCUT2D eigenvalue weighted by atomic mass is 10.2. The highest BCUT2D eigenvalue weighted by atomic mass is 19.4. The summed E-state index contributed by atoms with van der Waals surface area (Å²) in [6, 6.07) is 1.84. The highest BCUT2D eigenvalue weighted by Gasteiger charge is 2.31. The summed E-state index contributed by atoms with van der Waals surface area (Å²) < 4.78 is 56.4. The Hall–Kier alpha value is -2.16. The predicted octanol–water partition coefficient (Wildman–Crippen LogP) is 3.08. The van der Waals surface area contributed by atoms with Crippen LogP contribution in [0, 0.1) is 5.82 Å². The van der Waals surface area contributed by atoms with Gasteiger partial charge in [0.25, 0.3) is 0 Å². The number of nitrogens with one attached hydrogen (secondary N) is 2. The van der Waals surface area contributed by atoms with Crippen LogP contribution in [0.4, 0.5) is 29.3 Å². The minimum absolute atomic E-state index is 0.180. The molecule has 5 nitrogen and oxygen atoms in total. The lowest BCUT2D eigenvalue weighted by Gasteiger charge is -2.09. The normalized spacial score (nSPS) is 11.7. The van der Waals surface area contributed by atoms with E-state index < -0.39 is 17.6 Å². The molecule has 2 rings (SSSR count). The zero-order valence-electron chi connectivity index (χ0n) is 11.0. The first-order valence-electron chi connectivity index (χ1n) is 6.07. The van der Waals surface area contributed by atoms with Crippen LogP contribution in [0.25, 0.3) is 0 Å². The fourth-order valence-electron chi connectivity index (χ4n) is 1.52. The van der Waals surface area contributed by atoms with Gasteiger partial charge in [0.1, 0.15) is 5.82 Å². The van der Waals surface area contributed by atoms with Crippen molar-refractivity contribution in [3.8, 4) is 0 Å². The van der Waals surface area contributed by atoms with Crippen molar-refractivity contribution < 1.29 is 22.0 Å². The Kier molecular flexibility index (Phi) is 4.41. The van der Waals surface area contributed by atoms with Crippen LogP contribution >= 0.6 is 0 Å². The molecule has 2 aromatic rings. The average Bonchev–Trinajstić information content (AvgIpc) is 2.85. The molecule has 1 aromatic heterocycles. The van der Waals surface area contributed by atoms with Crippen molar-refractivity contribution in [1.29, 1.82) is 0 Å². The van der Waals surface area contributed by atoms with Crippen molar-refractivity contribution in [2.45, 2.75) is 19.6 Å². The highest BCUT2D eigenvalue weighted by Crippen LogP contribution is 2.32. The fraction of sp³-hybridized carbons (Fsp3) is 0.333. The molecule has 0 unspecified atom stereocenters. The van der Waals surface area contributed by atoms with Crippen molar-refractivity contribution in [2.24, 2.45) is 0 Å². The van der Waals surface area contributed by atoms with E-state index in [9.17, 15) is 17.6 Å². The van der Waals surface area contributed by atoms with Crippen molar-refractivity contribution in [3.05, 3.63) is 35.5 Å². The Labute approximate surface area is 117 Å². The Morgan fingerprint density at radius 1 is 1.24 bits per heavy atom. The SMILES string of the molecule is CCNCc1nnc(Nc2cc(C(F)(F)F)ccc2F)o1. The minimum atomic E-state index is -4.56. The number of hydrogen-bond acceptors (Lipinski definition) is 5. The first kappa shape index (κ1) is 15.2. The van der Waals surface area contributed by atoms with Crippen LogP contribution in [0.15, 0.2) is 22.6 Å². The molecule has 0 radical (unpaired) electrons. The molecule has 0 saturated heterocycles. The molecular weight excluding hydrogens is 292 g/mol. The van der Waals surface area contributed by atoms with E-state index in [-0.39, 0.29) is 17.6 Å². The highest BCUT2D eigenvalue weighted by molar-refractivity contribution is 5.54. The molecule has 0 saturated carbocycles. The van der Waals surface area contributed by atoms with Gasteiger partial charge in [0.05, 0.1) is 17.8 Å². The summed E-state index contributed by atoms with van der Waals surface area (Å²) in [6.07, 6.45) is -4.56. The van der Waals surface area contributed by atoms with Crippen molar-refractivity contribution in [3.63, 3.8) is 0 Å². The maximum Gasteiger partial charge on any atom is 0.416 e. The molecule has 0 aliphatic carbocycles. The zero-order chi connectivity index (χ0) is 15.5. The van der Waals surface area contributed by atoms with Gasteiger partial charge in [-0.15, -0.1) is 5.10 Å². The maximum absolute atomic E-state index is 13.5. The summed E-state index contributed by atoms with van der Waals surface area (Å²) in [4.78, 5) is 0. The third kappa shape index (κ3) is 3.91. The van der Waals surface area contributed by atoms with Crippen molar-refractivity contribution in [1.82, 2.24) is 15.5 Å². The lowest BCUT2D eigenvalue weighted by molar-refractivity contribution is -0.137. The number of benzene rings is 1. The number of halogens is 4. The Morgan fingerprint density at radius 3 is 2.67 bits per heavy atom. The molecule has 1 heterocycles. The number of nitrogens with zero attached hydrogens (tertiary/aromatic N) is 2. The summed E-state index contributed by atoms with van der Waals surface area (Å²) in [6.45, 7) is 2.89. The van der Waals surface area contributed by atoms with Crippen LogP contribution in [0.2, 0.25) is 0 Å². The van der Waals surface area contributed by atoms with Gasteiger partial charge in [0.15, 0.2) is 0 Å². The number of aromatic nitrogens is 2. The van der Waals surface area contributed by atoms with Crippen LogP contribution in [-0.4, -0.2) is 16.7 Å². The van der Waals surface area contributed by atoms with E-state index in [0.717, 1.165) is 6.07 Å². The quantitative estimate of drug-likeness (QED) is 0.831. The van der Waals surface area contributed by atoms with Crippen LogP contribution in [0.3, 0.4) is 0 Å². The number of rotatable bonds is 5. The van der Waals surface area contributed by atoms with E-state index in [1.807, 2.05) is 6.92 Å². The number of anilines is 2. The molecule has 114 valence electrons. The smallest absolute Gasteiger partial charge is 0.406 e. The topological polar surface area (TPSA) is 63.0 Å². The summed E-state index contributed by atoms with van der Waals surface area (Å²) in [5, 5.41) is 12.5. The number of hydrogen-bond donors (Lipinski definition) is 2. The summed E-state index contributed by atoms with van der Waals surface area (Å²) >= 11 is 0. The van der Waals surface area contributed by atoms with E-state index >= 15 is 0 Å².